The Kier molecular flexibility index (Phi) is 3.08. The van der Waals surface area contributed by atoms with Gasteiger partial charge in [0.15, 0.2) is 0 Å². The van der Waals surface area contributed by atoms with Crippen LogP contribution < -0.4 is 5.32 Å². The number of aromatic nitrogens is 2. The second-order valence-corrected chi connectivity index (χ2v) is 5.45. The van der Waals surface area contributed by atoms with E-state index in [0.717, 1.165) is 24.5 Å². The van der Waals surface area contributed by atoms with Crippen molar-refractivity contribution in [2.24, 2.45) is 5.92 Å². The summed E-state index contributed by atoms with van der Waals surface area (Å²) in [6, 6.07) is 7.19. The van der Waals surface area contributed by atoms with Crippen molar-refractivity contribution < 1.29 is 0 Å². The van der Waals surface area contributed by atoms with E-state index in [1.165, 1.54) is 23.8 Å². The molecule has 1 fully saturated rings. The summed E-state index contributed by atoms with van der Waals surface area (Å²) in [6.45, 7) is 6.51. The van der Waals surface area contributed by atoms with Gasteiger partial charge in [-0.15, -0.1) is 0 Å². The highest BCUT2D eigenvalue weighted by molar-refractivity contribution is 5.78. The van der Waals surface area contributed by atoms with Gasteiger partial charge < -0.3 is 5.32 Å². The number of benzene rings is 1. The van der Waals surface area contributed by atoms with Crippen molar-refractivity contribution in [3.63, 3.8) is 0 Å². The summed E-state index contributed by atoms with van der Waals surface area (Å²) >= 11 is 0. The maximum atomic E-state index is 4.53. The van der Waals surface area contributed by atoms with Crippen LogP contribution in [0, 0.1) is 5.92 Å². The van der Waals surface area contributed by atoms with E-state index < -0.39 is 0 Å². The number of rotatable bonds is 2. The van der Waals surface area contributed by atoms with Gasteiger partial charge in [0.25, 0.3) is 0 Å². The monoisotopic (exact) mass is 243 g/mol. The van der Waals surface area contributed by atoms with Gasteiger partial charge in [-0.05, 0) is 49.9 Å². The first-order valence-electron chi connectivity index (χ1n) is 6.96. The second-order valence-electron chi connectivity index (χ2n) is 5.45. The van der Waals surface area contributed by atoms with Crippen molar-refractivity contribution in [3.8, 4) is 0 Å². The first-order chi connectivity index (χ1) is 8.76. The fourth-order valence-corrected chi connectivity index (χ4v) is 2.76. The Morgan fingerprint density at radius 2 is 2.28 bits per heavy atom. The second kappa shape index (κ2) is 4.73. The summed E-state index contributed by atoms with van der Waals surface area (Å²) in [6.07, 6.45) is 4.71. The maximum Gasteiger partial charge on any atom is 0.0923 e. The topological polar surface area (TPSA) is 29.9 Å². The van der Waals surface area contributed by atoms with E-state index in [4.69, 9.17) is 0 Å². The summed E-state index contributed by atoms with van der Waals surface area (Å²) in [5, 5.41) is 9.43. The van der Waals surface area contributed by atoms with Gasteiger partial charge in [-0.2, -0.15) is 5.10 Å². The van der Waals surface area contributed by atoms with Gasteiger partial charge in [0, 0.05) is 24.2 Å². The lowest BCUT2D eigenvalue weighted by molar-refractivity contribution is 0.333. The van der Waals surface area contributed by atoms with Crippen LogP contribution in [0.25, 0.3) is 10.9 Å². The van der Waals surface area contributed by atoms with Crippen LogP contribution in [0.4, 0.5) is 0 Å². The van der Waals surface area contributed by atoms with E-state index in [-0.39, 0.29) is 0 Å². The number of aryl methyl sites for hydroxylation is 1. The molecule has 0 radical (unpaired) electrons. The Morgan fingerprint density at radius 3 is 3.00 bits per heavy atom. The minimum atomic E-state index is 0.524. The van der Waals surface area contributed by atoms with Crippen LogP contribution in [0.1, 0.15) is 38.3 Å². The van der Waals surface area contributed by atoms with E-state index >= 15 is 0 Å². The van der Waals surface area contributed by atoms with Crippen molar-refractivity contribution in [1.29, 1.82) is 0 Å². The molecule has 0 unspecified atom stereocenters. The molecule has 0 aliphatic carbocycles. The summed E-state index contributed by atoms with van der Waals surface area (Å²) < 4.78 is 2.00. The molecule has 2 atom stereocenters. The molecule has 96 valence electrons. The summed E-state index contributed by atoms with van der Waals surface area (Å²) in [5.74, 6) is 0.813. The molecule has 3 nitrogen and oxygen atoms in total. The van der Waals surface area contributed by atoms with Gasteiger partial charge in [0.2, 0.25) is 0 Å². The van der Waals surface area contributed by atoms with Gasteiger partial charge >= 0.3 is 0 Å². The molecule has 2 aromatic rings. The van der Waals surface area contributed by atoms with E-state index in [1.54, 1.807) is 0 Å². The molecular formula is C15H21N3. The molecule has 2 heterocycles. The molecule has 0 bridgehead atoms. The SMILES string of the molecule is CCn1cc2cc([C@H]3CC[C@H](C)CN3)ccc2n1. The lowest BCUT2D eigenvalue weighted by Gasteiger charge is -2.28. The van der Waals surface area contributed by atoms with Crippen LogP contribution in [-0.4, -0.2) is 16.3 Å². The molecule has 0 spiro atoms. The minimum Gasteiger partial charge on any atom is -0.310 e. The summed E-state index contributed by atoms with van der Waals surface area (Å²) in [5.41, 5.74) is 2.51. The van der Waals surface area contributed by atoms with E-state index in [9.17, 15) is 0 Å². The quantitative estimate of drug-likeness (QED) is 0.878. The Labute approximate surface area is 108 Å². The standard InChI is InChI=1S/C15H21N3/c1-3-18-10-13-8-12(5-7-15(13)17-18)14-6-4-11(2)9-16-14/h5,7-8,10-11,14,16H,3-4,6,9H2,1-2H3/t11-,14+/m0/s1. The van der Waals surface area contributed by atoms with E-state index in [0.29, 0.717) is 6.04 Å². The fraction of sp³-hybridized carbons (Fsp3) is 0.533. The number of nitrogens with zero attached hydrogens (tertiary/aromatic N) is 2. The van der Waals surface area contributed by atoms with Crippen molar-refractivity contribution in [2.75, 3.05) is 6.54 Å². The normalized spacial score (nSPS) is 24.6. The first kappa shape index (κ1) is 11.7. The third-order valence-electron chi connectivity index (χ3n) is 3.96. The minimum absolute atomic E-state index is 0.524. The highest BCUT2D eigenvalue weighted by atomic mass is 15.3. The van der Waals surface area contributed by atoms with Crippen LogP contribution in [0.3, 0.4) is 0 Å². The molecule has 3 heteroatoms. The molecule has 18 heavy (non-hydrogen) atoms. The van der Waals surface area contributed by atoms with Crippen LogP contribution in [0.2, 0.25) is 0 Å². The molecule has 0 amide bonds. The molecule has 1 aromatic heterocycles. The van der Waals surface area contributed by atoms with Gasteiger partial charge in [-0.1, -0.05) is 13.0 Å². The Balaban J connectivity index is 1.88. The zero-order chi connectivity index (χ0) is 12.5. The first-order valence-corrected chi connectivity index (χ1v) is 6.96. The maximum absolute atomic E-state index is 4.53. The Hall–Kier alpha value is -1.35. The highest BCUT2D eigenvalue weighted by Gasteiger charge is 2.19. The number of hydrogen-bond acceptors (Lipinski definition) is 2. The van der Waals surface area contributed by atoms with Gasteiger partial charge in [-0.3, -0.25) is 4.68 Å². The predicted molar refractivity (Wildman–Crippen MR) is 74.5 cm³/mol. The van der Waals surface area contributed by atoms with Crippen molar-refractivity contribution in [3.05, 3.63) is 30.0 Å². The van der Waals surface area contributed by atoms with Gasteiger partial charge in [0.05, 0.1) is 5.52 Å². The molecule has 1 saturated heterocycles. The molecule has 3 rings (SSSR count). The third-order valence-corrected chi connectivity index (χ3v) is 3.96. The van der Waals surface area contributed by atoms with Crippen molar-refractivity contribution >= 4 is 10.9 Å². The van der Waals surface area contributed by atoms with Crippen LogP contribution in [0.5, 0.6) is 0 Å². The third kappa shape index (κ3) is 2.15. The van der Waals surface area contributed by atoms with Crippen molar-refractivity contribution in [1.82, 2.24) is 15.1 Å². The molecule has 0 saturated carbocycles. The lowest BCUT2D eigenvalue weighted by atomic mass is 9.92. The molecule has 1 N–H and O–H groups in total. The van der Waals surface area contributed by atoms with Gasteiger partial charge in [-0.25, -0.2) is 0 Å². The zero-order valence-electron chi connectivity index (χ0n) is 11.2. The lowest BCUT2D eigenvalue weighted by Crippen LogP contribution is -2.31. The number of nitrogens with one attached hydrogen (secondary N) is 1. The Bertz CT molecular complexity index is 536. The van der Waals surface area contributed by atoms with Crippen LogP contribution >= 0.6 is 0 Å². The largest absolute Gasteiger partial charge is 0.310 e. The van der Waals surface area contributed by atoms with E-state index in [1.807, 2.05) is 4.68 Å². The van der Waals surface area contributed by atoms with Crippen LogP contribution in [0.15, 0.2) is 24.4 Å². The van der Waals surface area contributed by atoms with Crippen LogP contribution in [-0.2, 0) is 6.54 Å². The summed E-state index contributed by atoms with van der Waals surface area (Å²) in [7, 11) is 0. The number of piperidine rings is 1. The zero-order valence-corrected chi connectivity index (χ0v) is 11.2. The Morgan fingerprint density at radius 1 is 1.39 bits per heavy atom. The fourth-order valence-electron chi connectivity index (χ4n) is 2.76. The van der Waals surface area contributed by atoms with E-state index in [2.05, 4.69) is 48.7 Å². The van der Waals surface area contributed by atoms with Crippen molar-refractivity contribution in [2.45, 2.75) is 39.3 Å². The van der Waals surface area contributed by atoms with Gasteiger partial charge in [0.1, 0.15) is 0 Å². The molecule has 1 aromatic carbocycles. The average molecular weight is 243 g/mol. The molecule has 1 aliphatic rings. The summed E-state index contributed by atoms with van der Waals surface area (Å²) in [4.78, 5) is 0. The smallest absolute Gasteiger partial charge is 0.0923 e. The number of hydrogen-bond donors (Lipinski definition) is 1. The molecular weight excluding hydrogens is 222 g/mol. The molecule has 1 aliphatic heterocycles. The number of fused-ring (bicyclic) bond motifs is 1. The average Bonchev–Trinajstić information content (AvgIpc) is 2.81. The highest BCUT2D eigenvalue weighted by Crippen LogP contribution is 2.27. The predicted octanol–water partition coefficient (Wildman–Crippen LogP) is 3.12.